The highest BCUT2D eigenvalue weighted by molar-refractivity contribution is 5.98. The number of aromatic nitrogens is 2. The van der Waals surface area contributed by atoms with Crippen LogP contribution in [0.25, 0.3) is 22.4 Å². The molecule has 0 saturated heterocycles. The first-order valence-corrected chi connectivity index (χ1v) is 9.16. The van der Waals surface area contributed by atoms with Gasteiger partial charge in [0.15, 0.2) is 0 Å². The van der Waals surface area contributed by atoms with Gasteiger partial charge in [0.1, 0.15) is 11.5 Å². The van der Waals surface area contributed by atoms with Crippen LogP contribution >= 0.6 is 0 Å². The zero-order valence-electron chi connectivity index (χ0n) is 16.8. The molecule has 0 saturated carbocycles. The van der Waals surface area contributed by atoms with E-state index in [9.17, 15) is 9.59 Å². The number of methoxy groups -OCH3 is 2. The van der Waals surface area contributed by atoms with Gasteiger partial charge in [0.2, 0.25) is 0 Å². The molecular formula is C22H23N3O4. The van der Waals surface area contributed by atoms with E-state index in [4.69, 9.17) is 4.74 Å². The van der Waals surface area contributed by atoms with Gasteiger partial charge in [0.05, 0.1) is 31.3 Å². The summed E-state index contributed by atoms with van der Waals surface area (Å²) in [7, 11) is 2.48. The normalized spacial score (nSPS) is 11.6. The number of hydrogen-bond donors (Lipinski definition) is 2. The Morgan fingerprint density at radius 3 is 2.41 bits per heavy atom. The average Bonchev–Trinajstić information content (AvgIpc) is 3.16. The molecule has 0 aliphatic heterocycles. The zero-order chi connectivity index (χ0) is 21.0. The molecule has 0 amide bonds. The highest BCUT2D eigenvalue weighted by Gasteiger charge is 2.13. The van der Waals surface area contributed by atoms with E-state index in [2.05, 4.69) is 46.0 Å². The summed E-state index contributed by atoms with van der Waals surface area (Å²) in [5.41, 5.74) is 4.64. The maximum Gasteiger partial charge on any atom is 0.354 e. The third kappa shape index (κ3) is 4.63. The second kappa shape index (κ2) is 8.60. The molecule has 0 spiro atoms. The van der Waals surface area contributed by atoms with Gasteiger partial charge in [0, 0.05) is 11.3 Å². The number of anilines is 1. The van der Waals surface area contributed by atoms with Crippen LogP contribution < -0.4 is 5.32 Å². The molecule has 0 unspecified atom stereocenters. The minimum Gasteiger partial charge on any atom is -0.466 e. The number of esters is 2. The summed E-state index contributed by atoms with van der Waals surface area (Å²) in [5, 5.41) is 2.88. The molecule has 1 heterocycles. The predicted molar refractivity (Wildman–Crippen MR) is 111 cm³/mol. The van der Waals surface area contributed by atoms with Gasteiger partial charge in [-0.3, -0.25) is 0 Å². The summed E-state index contributed by atoms with van der Waals surface area (Å²) in [6.45, 7) is 4.31. The number of carbonyl (C=O) groups excluding carboxylic acids is 2. The Labute approximate surface area is 168 Å². The molecule has 0 fully saturated rings. The van der Waals surface area contributed by atoms with Crippen LogP contribution in [0.3, 0.4) is 0 Å². The summed E-state index contributed by atoms with van der Waals surface area (Å²) in [6, 6.07) is 13.5. The van der Waals surface area contributed by atoms with Crippen molar-refractivity contribution >= 4 is 28.7 Å². The minimum atomic E-state index is -0.669. The fourth-order valence-corrected chi connectivity index (χ4v) is 2.82. The van der Waals surface area contributed by atoms with Gasteiger partial charge in [-0.05, 0) is 47.9 Å². The Kier molecular flexibility index (Phi) is 5.97. The Balaban J connectivity index is 1.84. The number of H-pyrrole nitrogens is 1. The van der Waals surface area contributed by atoms with Gasteiger partial charge >= 0.3 is 11.9 Å². The molecule has 0 radical (unpaired) electrons. The minimum absolute atomic E-state index is 0.0166. The molecule has 2 N–H and O–H groups in total. The smallest absolute Gasteiger partial charge is 0.354 e. The third-order valence-electron chi connectivity index (χ3n) is 4.48. The van der Waals surface area contributed by atoms with E-state index < -0.39 is 11.9 Å². The van der Waals surface area contributed by atoms with E-state index in [1.807, 2.05) is 18.2 Å². The van der Waals surface area contributed by atoms with Crippen molar-refractivity contribution in [2.75, 3.05) is 19.5 Å². The van der Waals surface area contributed by atoms with Gasteiger partial charge < -0.3 is 19.8 Å². The number of fused-ring (bicyclic) bond motifs is 1. The summed E-state index contributed by atoms with van der Waals surface area (Å²) in [4.78, 5) is 31.3. The number of nitrogens with zero attached hydrogens (tertiary/aromatic N) is 1. The van der Waals surface area contributed by atoms with Gasteiger partial charge in [0.25, 0.3) is 0 Å². The Morgan fingerprint density at radius 1 is 1.07 bits per heavy atom. The van der Waals surface area contributed by atoms with Crippen molar-refractivity contribution < 1.29 is 19.1 Å². The topological polar surface area (TPSA) is 93.3 Å². The van der Waals surface area contributed by atoms with Crippen molar-refractivity contribution in [1.29, 1.82) is 0 Å². The molecule has 0 bridgehead atoms. The van der Waals surface area contributed by atoms with Crippen LogP contribution in [0, 0.1) is 0 Å². The molecule has 7 nitrogen and oxygen atoms in total. The number of rotatable bonds is 6. The van der Waals surface area contributed by atoms with Crippen molar-refractivity contribution in [2.45, 2.75) is 19.8 Å². The van der Waals surface area contributed by atoms with Crippen LogP contribution in [0.4, 0.5) is 5.69 Å². The lowest BCUT2D eigenvalue weighted by Crippen LogP contribution is -2.15. The van der Waals surface area contributed by atoms with Gasteiger partial charge in [-0.15, -0.1) is 0 Å². The quantitative estimate of drug-likeness (QED) is 0.486. The summed E-state index contributed by atoms with van der Waals surface area (Å²) in [5.74, 6) is -0.125. The van der Waals surface area contributed by atoms with Gasteiger partial charge in [-0.1, -0.05) is 19.9 Å². The fraction of sp³-hybridized carbons (Fsp3) is 0.227. The van der Waals surface area contributed by atoms with Crippen LogP contribution in [0.2, 0.25) is 0 Å². The van der Waals surface area contributed by atoms with E-state index in [0.29, 0.717) is 11.6 Å². The molecule has 0 aliphatic rings. The maximum absolute atomic E-state index is 11.9. The maximum atomic E-state index is 11.9. The highest BCUT2D eigenvalue weighted by Crippen LogP contribution is 2.25. The van der Waals surface area contributed by atoms with E-state index in [-0.39, 0.29) is 5.70 Å². The first-order chi connectivity index (χ1) is 13.9. The third-order valence-corrected chi connectivity index (χ3v) is 4.48. The first-order valence-electron chi connectivity index (χ1n) is 9.16. The summed E-state index contributed by atoms with van der Waals surface area (Å²) >= 11 is 0. The molecule has 0 atom stereocenters. The van der Waals surface area contributed by atoms with Crippen molar-refractivity contribution in [3.05, 3.63) is 59.8 Å². The highest BCUT2D eigenvalue weighted by atomic mass is 16.5. The number of benzene rings is 2. The van der Waals surface area contributed by atoms with Crippen molar-refractivity contribution in [2.24, 2.45) is 0 Å². The number of nitrogens with one attached hydrogen (secondary N) is 2. The summed E-state index contributed by atoms with van der Waals surface area (Å²) in [6.07, 6.45) is 1.05. The Bertz CT molecular complexity index is 1070. The molecule has 2 aromatic carbocycles. The number of ether oxygens (including phenoxy) is 2. The van der Waals surface area contributed by atoms with E-state index in [0.717, 1.165) is 28.5 Å². The second-order valence-electron chi connectivity index (χ2n) is 6.79. The largest absolute Gasteiger partial charge is 0.466 e. The van der Waals surface area contributed by atoms with Crippen LogP contribution in [0.5, 0.6) is 0 Å². The van der Waals surface area contributed by atoms with E-state index >= 15 is 0 Å². The van der Waals surface area contributed by atoms with Crippen LogP contribution in [0.1, 0.15) is 25.3 Å². The predicted octanol–water partition coefficient (Wildman–Crippen LogP) is 4.00. The Hall–Kier alpha value is -3.61. The number of carbonyl (C=O) groups is 2. The van der Waals surface area contributed by atoms with Gasteiger partial charge in [-0.2, -0.15) is 0 Å². The molecule has 7 heteroatoms. The molecule has 29 heavy (non-hydrogen) atoms. The standard InChI is InChI=1S/C22H23N3O4/c1-13(2)15-7-10-17-18(11-15)25-21(24-17)14-5-8-16(9-6-14)23-19(22(27)29-4)12-20(26)28-3/h5-13,23H,1-4H3,(H,24,25)/b19-12+. The van der Waals surface area contributed by atoms with Crippen LogP contribution in [-0.4, -0.2) is 36.1 Å². The molecule has 3 aromatic rings. The second-order valence-corrected chi connectivity index (χ2v) is 6.79. The SMILES string of the molecule is COC(=O)/C=C(/Nc1ccc(-c2nc3ccc(C(C)C)cc3[nH]2)cc1)C(=O)OC. The van der Waals surface area contributed by atoms with Crippen molar-refractivity contribution in [1.82, 2.24) is 9.97 Å². The number of hydrogen-bond acceptors (Lipinski definition) is 6. The summed E-state index contributed by atoms with van der Waals surface area (Å²) < 4.78 is 9.26. The van der Waals surface area contributed by atoms with Crippen molar-refractivity contribution in [3.8, 4) is 11.4 Å². The number of imidazole rings is 1. The number of aromatic amines is 1. The molecule has 150 valence electrons. The van der Waals surface area contributed by atoms with Crippen LogP contribution in [0.15, 0.2) is 54.2 Å². The lowest BCUT2D eigenvalue weighted by molar-refractivity contribution is -0.138. The van der Waals surface area contributed by atoms with Gasteiger partial charge in [-0.25, -0.2) is 14.6 Å². The van der Waals surface area contributed by atoms with E-state index in [1.54, 1.807) is 12.1 Å². The molecule has 0 aliphatic carbocycles. The average molecular weight is 393 g/mol. The van der Waals surface area contributed by atoms with E-state index in [1.165, 1.54) is 19.8 Å². The monoisotopic (exact) mass is 393 g/mol. The lowest BCUT2D eigenvalue weighted by Gasteiger charge is -2.09. The Morgan fingerprint density at radius 2 is 1.79 bits per heavy atom. The molecule has 3 rings (SSSR count). The van der Waals surface area contributed by atoms with Crippen molar-refractivity contribution in [3.63, 3.8) is 0 Å². The molecule has 1 aromatic heterocycles. The first kappa shape index (κ1) is 20.1. The van der Waals surface area contributed by atoms with Crippen LogP contribution in [-0.2, 0) is 19.1 Å². The zero-order valence-corrected chi connectivity index (χ0v) is 16.8. The lowest BCUT2D eigenvalue weighted by atomic mass is 10.0. The molecular weight excluding hydrogens is 370 g/mol. The fourth-order valence-electron chi connectivity index (χ4n) is 2.82.